The lowest BCUT2D eigenvalue weighted by Gasteiger charge is -2.08. The molecule has 20 heavy (non-hydrogen) atoms. The number of benzene rings is 1. The fourth-order valence-electron chi connectivity index (χ4n) is 1.82. The summed E-state index contributed by atoms with van der Waals surface area (Å²) >= 11 is 11.8. The molecule has 1 amide bonds. The molecule has 0 saturated heterocycles. The zero-order valence-corrected chi connectivity index (χ0v) is 11.8. The van der Waals surface area contributed by atoms with Crippen LogP contribution in [0.4, 0.5) is 0 Å². The number of carbonyl (C=O) groups is 2. The van der Waals surface area contributed by atoms with Crippen LogP contribution in [0.5, 0.6) is 0 Å². The van der Waals surface area contributed by atoms with Crippen LogP contribution in [0.25, 0.3) is 0 Å². The maximum Gasteiger partial charge on any atom is 0.326 e. The third-order valence-corrected chi connectivity index (χ3v) is 3.52. The molecular weight excluding hydrogens is 303 g/mol. The standard InChI is InChI=1S/C13H12Cl2N2O3/c14-9-1-2-10(15)7(3-9)5-17-12(18)8-4-11(13(19)20)16-6-8/h1-3,6,11,16H,4-5H2,(H,17,18)(H,19,20). The van der Waals surface area contributed by atoms with Crippen molar-refractivity contribution in [3.63, 3.8) is 0 Å². The quantitative estimate of drug-likeness (QED) is 0.793. The van der Waals surface area contributed by atoms with Crippen molar-refractivity contribution in [3.8, 4) is 0 Å². The van der Waals surface area contributed by atoms with Crippen molar-refractivity contribution in [1.82, 2.24) is 10.6 Å². The van der Waals surface area contributed by atoms with Crippen molar-refractivity contribution < 1.29 is 14.7 Å². The molecule has 0 spiro atoms. The van der Waals surface area contributed by atoms with Gasteiger partial charge in [0, 0.05) is 34.8 Å². The smallest absolute Gasteiger partial charge is 0.326 e. The molecule has 0 saturated carbocycles. The Balaban J connectivity index is 1.93. The Morgan fingerprint density at radius 1 is 1.40 bits per heavy atom. The van der Waals surface area contributed by atoms with E-state index in [2.05, 4.69) is 10.6 Å². The van der Waals surface area contributed by atoms with Gasteiger partial charge in [-0.15, -0.1) is 0 Å². The van der Waals surface area contributed by atoms with Gasteiger partial charge in [0.1, 0.15) is 6.04 Å². The monoisotopic (exact) mass is 314 g/mol. The van der Waals surface area contributed by atoms with E-state index in [1.54, 1.807) is 18.2 Å². The number of aliphatic carboxylic acids is 1. The van der Waals surface area contributed by atoms with E-state index in [1.165, 1.54) is 6.20 Å². The molecule has 0 aliphatic carbocycles. The topological polar surface area (TPSA) is 78.4 Å². The summed E-state index contributed by atoms with van der Waals surface area (Å²) in [6.07, 6.45) is 1.58. The van der Waals surface area contributed by atoms with Gasteiger partial charge in [-0.2, -0.15) is 0 Å². The molecule has 106 valence electrons. The number of hydrogen-bond donors (Lipinski definition) is 3. The molecule has 7 heteroatoms. The molecular formula is C13H12Cl2N2O3. The third kappa shape index (κ3) is 3.43. The summed E-state index contributed by atoms with van der Waals surface area (Å²) in [6.45, 7) is 0.229. The second-order valence-electron chi connectivity index (χ2n) is 4.35. The first-order valence-corrected chi connectivity index (χ1v) is 6.63. The van der Waals surface area contributed by atoms with Crippen molar-refractivity contribution in [1.29, 1.82) is 0 Å². The van der Waals surface area contributed by atoms with Gasteiger partial charge in [-0.3, -0.25) is 4.79 Å². The normalized spacial score (nSPS) is 17.3. The van der Waals surface area contributed by atoms with Crippen molar-refractivity contribution in [2.45, 2.75) is 19.0 Å². The SMILES string of the molecule is O=C(NCc1cc(Cl)ccc1Cl)C1=CNC(C(=O)O)C1. The van der Waals surface area contributed by atoms with Crippen LogP contribution in [0, 0.1) is 0 Å². The summed E-state index contributed by atoms with van der Waals surface area (Å²) in [7, 11) is 0. The Hall–Kier alpha value is -1.72. The summed E-state index contributed by atoms with van der Waals surface area (Å²) in [5.41, 5.74) is 1.10. The number of carbonyl (C=O) groups excluding carboxylic acids is 1. The third-order valence-electron chi connectivity index (χ3n) is 2.92. The average Bonchev–Trinajstić information content (AvgIpc) is 2.89. The van der Waals surface area contributed by atoms with Gasteiger partial charge < -0.3 is 15.7 Å². The highest BCUT2D eigenvalue weighted by atomic mass is 35.5. The predicted octanol–water partition coefficient (Wildman–Crippen LogP) is 1.94. The number of rotatable bonds is 4. The maximum atomic E-state index is 11.9. The summed E-state index contributed by atoms with van der Waals surface area (Å²) < 4.78 is 0. The Morgan fingerprint density at radius 2 is 2.15 bits per heavy atom. The van der Waals surface area contributed by atoms with Crippen LogP contribution in [-0.2, 0) is 16.1 Å². The fourth-order valence-corrected chi connectivity index (χ4v) is 2.20. The van der Waals surface area contributed by atoms with Crippen LogP contribution in [0.3, 0.4) is 0 Å². The number of carboxylic acids is 1. The molecule has 0 aromatic heterocycles. The zero-order chi connectivity index (χ0) is 14.7. The second kappa shape index (κ2) is 6.15. The van der Waals surface area contributed by atoms with Gasteiger partial charge in [0.05, 0.1) is 0 Å². The van der Waals surface area contributed by atoms with Crippen LogP contribution in [0.1, 0.15) is 12.0 Å². The second-order valence-corrected chi connectivity index (χ2v) is 5.19. The molecule has 0 fully saturated rings. The van der Waals surface area contributed by atoms with Crippen molar-refractivity contribution in [2.24, 2.45) is 0 Å². The number of halogens is 2. The molecule has 1 aliphatic rings. The summed E-state index contributed by atoms with van der Waals surface area (Å²) in [6, 6.07) is 4.24. The predicted molar refractivity (Wildman–Crippen MR) is 75.6 cm³/mol. The summed E-state index contributed by atoms with van der Waals surface area (Å²) in [5.74, 6) is -1.31. The van der Waals surface area contributed by atoms with E-state index in [1.807, 2.05) is 0 Å². The molecule has 1 aromatic carbocycles. The van der Waals surface area contributed by atoms with E-state index in [-0.39, 0.29) is 18.9 Å². The molecule has 0 bridgehead atoms. The molecule has 1 aromatic rings. The van der Waals surface area contributed by atoms with E-state index in [4.69, 9.17) is 28.3 Å². The first-order chi connectivity index (χ1) is 9.47. The minimum absolute atomic E-state index is 0.157. The molecule has 1 unspecified atom stereocenters. The first-order valence-electron chi connectivity index (χ1n) is 5.87. The fraction of sp³-hybridized carbons (Fsp3) is 0.231. The lowest BCUT2D eigenvalue weighted by atomic mass is 10.1. The van der Waals surface area contributed by atoms with Gasteiger partial charge in [0.15, 0.2) is 0 Å². The Morgan fingerprint density at radius 3 is 2.80 bits per heavy atom. The first kappa shape index (κ1) is 14.7. The summed E-state index contributed by atoms with van der Waals surface area (Å²) in [5, 5.41) is 15.2. The molecule has 5 nitrogen and oxygen atoms in total. The number of hydrogen-bond acceptors (Lipinski definition) is 3. The Labute approximate surface area is 125 Å². The van der Waals surface area contributed by atoms with Gasteiger partial charge in [-0.05, 0) is 23.8 Å². The van der Waals surface area contributed by atoms with Crippen molar-refractivity contribution >= 4 is 35.1 Å². The van der Waals surface area contributed by atoms with Crippen molar-refractivity contribution in [3.05, 3.63) is 45.6 Å². The highest BCUT2D eigenvalue weighted by Crippen LogP contribution is 2.20. The van der Waals surface area contributed by atoms with E-state index in [9.17, 15) is 9.59 Å². The van der Waals surface area contributed by atoms with E-state index < -0.39 is 12.0 Å². The van der Waals surface area contributed by atoms with E-state index in [0.717, 1.165) is 0 Å². The molecule has 3 N–H and O–H groups in total. The average molecular weight is 315 g/mol. The van der Waals surface area contributed by atoms with Gasteiger partial charge in [-0.25, -0.2) is 4.79 Å². The zero-order valence-electron chi connectivity index (χ0n) is 10.3. The van der Waals surface area contributed by atoms with Crippen LogP contribution < -0.4 is 10.6 Å². The van der Waals surface area contributed by atoms with Crippen LogP contribution >= 0.6 is 23.2 Å². The molecule has 1 heterocycles. The van der Waals surface area contributed by atoms with Gasteiger partial charge in [0.2, 0.25) is 5.91 Å². The number of nitrogens with one attached hydrogen (secondary N) is 2. The number of carboxylic acid groups (broad SMARTS) is 1. The van der Waals surface area contributed by atoms with Crippen LogP contribution in [0.15, 0.2) is 30.0 Å². The molecule has 1 atom stereocenters. The van der Waals surface area contributed by atoms with Gasteiger partial charge >= 0.3 is 5.97 Å². The van der Waals surface area contributed by atoms with Gasteiger partial charge in [0.25, 0.3) is 0 Å². The van der Waals surface area contributed by atoms with Crippen LogP contribution in [-0.4, -0.2) is 23.0 Å². The van der Waals surface area contributed by atoms with Gasteiger partial charge in [-0.1, -0.05) is 23.2 Å². The summed E-state index contributed by atoms with van der Waals surface area (Å²) in [4.78, 5) is 22.7. The van der Waals surface area contributed by atoms with E-state index >= 15 is 0 Å². The Bertz CT molecular complexity index is 587. The van der Waals surface area contributed by atoms with Crippen LogP contribution in [0.2, 0.25) is 10.0 Å². The molecule has 2 rings (SSSR count). The number of amides is 1. The van der Waals surface area contributed by atoms with Crippen molar-refractivity contribution in [2.75, 3.05) is 0 Å². The molecule has 1 aliphatic heterocycles. The van der Waals surface area contributed by atoms with E-state index in [0.29, 0.717) is 21.2 Å². The lowest BCUT2D eigenvalue weighted by Crippen LogP contribution is -2.30. The highest BCUT2D eigenvalue weighted by Gasteiger charge is 2.26. The lowest BCUT2D eigenvalue weighted by molar-refractivity contribution is -0.138. The molecule has 0 radical (unpaired) electrons. The Kier molecular flexibility index (Phi) is 4.52. The minimum Gasteiger partial charge on any atom is -0.480 e. The maximum absolute atomic E-state index is 11.9. The minimum atomic E-state index is -0.984. The highest BCUT2D eigenvalue weighted by molar-refractivity contribution is 6.33. The largest absolute Gasteiger partial charge is 0.480 e.